The van der Waals surface area contributed by atoms with Crippen molar-refractivity contribution < 1.29 is 14.6 Å². The van der Waals surface area contributed by atoms with E-state index in [1.807, 2.05) is 0 Å². The zero-order valence-corrected chi connectivity index (χ0v) is 14.8. The van der Waals surface area contributed by atoms with E-state index in [-0.39, 0.29) is 18.0 Å². The summed E-state index contributed by atoms with van der Waals surface area (Å²) in [6.07, 6.45) is 7.90. The van der Waals surface area contributed by atoms with Crippen molar-refractivity contribution in [2.45, 2.75) is 64.9 Å². The van der Waals surface area contributed by atoms with Gasteiger partial charge in [0.15, 0.2) is 0 Å². The number of aliphatic hydroxyl groups excluding tert-OH is 1. The number of ether oxygens (including phenoxy) is 1. The molecule has 4 aliphatic carbocycles. The summed E-state index contributed by atoms with van der Waals surface area (Å²) >= 11 is 0. The Kier molecular flexibility index (Phi) is 5.32. The monoisotopic (exact) mass is 323 g/mol. The van der Waals surface area contributed by atoms with Crippen molar-refractivity contribution in [3.05, 3.63) is 0 Å². The maximum atomic E-state index is 12.3. The molecule has 0 aromatic carbocycles. The molecule has 0 aliphatic heterocycles. The van der Waals surface area contributed by atoms with Crippen molar-refractivity contribution in [2.24, 2.45) is 23.2 Å². The van der Waals surface area contributed by atoms with Crippen LogP contribution in [0.2, 0.25) is 0 Å². The van der Waals surface area contributed by atoms with E-state index < -0.39 is 6.10 Å². The van der Waals surface area contributed by atoms with Gasteiger partial charge >= 0.3 is 5.97 Å². The lowest BCUT2D eigenvalue weighted by molar-refractivity contribution is -0.155. The van der Waals surface area contributed by atoms with Crippen LogP contribution in [0.1, 0.15) is 58.8 Å². The first-order chi connectivity index (χ1) is 11.0. The van der Waals surface area contributed by atoms with Gasteiger partial charge < -0.3 is 14.7 Å². The Morgan fingerprint density at radius 1 is 1.13 bits per heavy atom. The predicted octanol–water partition coefficient (Wildman–Crippen LogP) is 2.84. The van der Waals surface area contributed by atoms with Crippen molar-refractivity contribution in [3.8, 4) is 0 Å². The van der Waals surface area contributed by atoms with Crippen molar-refractivity contribution in [1.82, 2.24) is 4.90 Å². The zero-order chi connectivity index (χ0) is 16.4. The molecule has 4 fully saturated rings. The van der Waals surface area contributed by atoms with Crippen LogP contribution in [0.4, 0.5) is 0 Å². The first-order valence-corrected chi connectivity index (χ1v) is 9.58. The van der Waals surface area contributed by atoms with Gasteiger partial charge in [-0.15, -0.1) is 0 Å². The highest BCUT2D eigenvalue weighted by molar-refractivity contribution is 5.70. The Labute approximate surface area is 140 Å². The summed E-state index contributed by atoms with van der Waals surface area (Å²) in [5.41, 5.74) is 0.232. The molecule has 0 aromatic rings. The highest BCUT2D eigenvalue weighted by Crippen LogP contribution is 2.61. The molecular weight excluding hydrogens is 290 g/mol. The fraction of sp³-hybridized carbons (Fsp3) is 0.947. The van der Waals surface area contributed by atoms with E-state index in [1.54, 1.807) is 0 Å². The van der Waals surface area contributed by atoms with Crippen molar-refractivity contribution in [2.75, 3.05) is 26.2 Å². The van der Waals surface area contributed by atoms with E-state index in [0.29, 0.717) is 13.0 Å². The molecule has 0 saturated heterocycles. The molecule has 4 saturated carbocycles. The van der Waals surface area contributed by atoms with E-state index in [9.17, 15) is 9.90 Å². The normalized spacial score (nSPS) is 36.4. The molecule has 23 heavy (non-hydrogen) atoms. The minimum absolute atomic E-state index is 0.0921. The van der Waals surface area contributed by atoms with Gasteiger partial charge in [-0.25, -0.2) is 0 Å². The minimum Gasteiger partial charge on any atom is -0.463 e. The van der Waals surface area contributed by atoms with Crippen molar-refractivity contribution in [1.29, 1.82) is 0 Å². The van der Waals surface area contributed by atoms with E-state index in [0.717, 1.165) is 30.8 Å². The molecule has 4 heteroatoms. The second-order valence-corrected chi connectivity index (χ2v) is 8.42. The number of hydrogen-bond acceptors (Lipinski definition) is 4. The lowest BCUT2D eigenvalue weighted by atomic mass is 9.49. The molecule has 0 spiro atoms. The van der Waals surface area contributed by atoms with Crippen LogP contribution in [0.15, 0.2) is 0 Å². The molecule has 0 heterocycles. The molecule has 4 rings (SSSR count). The molecule has 0 aromatic heterocycles. The maximum Gasteiger partial charge on any atom is 0.306 e. The summed E-state index contributed by atoms with van der Waals surface area (Å²) in [5, 5.41) is 10.0. The van der Waals surface area contributed by atoms with Gasteiger partial charge in [-0.2, -0.15) is 0 Å². The summed E-state index contributed by atoms with van der Waals surface area (Å²) in [5.74, 6) is 2.50. The topological polar surface area (TPSA) is 49.8 Å². The lowest BCUT2D eigenvalue weighted by Crippen LogP contribution is -2.47. The van der Waals surface area contributed by atoms with Crippen LogP contribution in [0.5, 0.6) is 0 Å². The number of nitrogens with zero attached hydrogens (tertiary/aromatic N) is 1. The predicted molar refractivity (Wildman–Crippen MR) is 90.0 cm³/mol. The van der Waals surface area contributed by atoms with Gasteiger partial charge in [-0.1, -0.05) is 13.8 Å². The Morgan fingerprint density at radius 3 is 2.13 bits per heavy atom. The molecule has 4 aliphatic rings. The highest BCUT2D eigenvalue weighted by atomic mass is 16.5. The largest absolute Gasteiger partial charge is 0.463 e. The van der Waals surface area contributed by atoms with Crippen molar-refractivity contribution >= 4 is 5.97 Å². The second kappa shape index (κ2) is 7.10. The summed E-state index contributed by atoms with van der Waals surface area (Å²) in [6.45, 7) is 6.70. The minimum atomic E-state index is -0.574. The van der Waals surface area contributed by atoms with Gasteiger partial charge in [0.1, 0.15) is 12.7 Å². The summed E-state index contributed by atoms with van der Waals surface area (Å²) in [6, 6.07) is 0. The van der Waals surface area contributed by atoms with Gasteiger partial charge in [-0.05, 0) is 74.8 Å². The number of likely N-dealkylation sites (N-methyl/N-ethyl adjacent to an activating group) is 1. The van der Waals surface area contributed by atoms with Crippen LogP contribution in [0, 0.1) is 23.2 Å². The van der Waals surface area contributed by atoms with E-state index >= 15 is 0 Å². The van der Waals surface area contributed by atoms with Crippen LogP contribution in [0.25, 0.3) is 0 Å². The highest BCUT2D eigenvalue weighted by Gasteiger charge is 2.51. The summed E-state index contributed by atoms with van der Waals surface area (Å²) in [7, 11) is 0. The third kappa shape index (κ3) is 4.08. The Morgan fingerprint density at radius 2 is 1.65 bits per heavy atom. The molecule has 1 N–H and O–H groups in total. The third-order valence-electron chi connectivity index (χ3n) is 6.48. The van der Waals surface area contributed by atoms with E-state index in [4.69, 9.17) is 4.74 Å². The number of rotatable bonds is 8. The smallest absolute Gasteiger partial charge is 0.306 e. The summed E-state index contributed by atoms with van der Waals surface area (Å²) < 4.78 is 5.42. The molecule has 0 unspecified atom stereocenters. The Hall–Kier alpha value is -0.610. The van der Waals surface area contributed by atoms with Gasteiger partial charge in [0, 0.05) is 6.54 Å². The average Bonchev–Trinajstić information content (AvgIpc) is 2.48. The molecule has 4 nitrogen and oxygen atoms in total. The van der Waals surface area contributed by atoms with E-state index in [2.05, 4.69) is 18.7 Å². The number of hydrogen-bond donors (Lipinski definition) is 1. The SMILES string of the molecule is CCN(CC)C[C@H](O)COC(=O)CC12CC3CC(CC(C3)C1)C2. The van der Waals surface area contributed by atoms with Crippen molar-refractivity contribution in [3.63, 3.8) is 0 Å². The summed E-state index contributed by atoms with van der Waals surface area (Å²) in [4.78, 5) is 14.5. The second-order valence-electron chi connectivity index (χ2n) is 8.42. The van der Waals surface area contributed by atoms with Crippen LogP contribution in [-0.4, -0.2) is 48.3 Å². The third-order valence-corrected chi connectivity index (χ3v) is 6.48. The van der Waals surface area contributed by atoms with Crippen LogP contribution < -0.4 is 0 Å². The maximum absolute atomic E-state index is 12.3. The standard InChI is InChI=1S/C19H33NO3/c1-3-20(4-2)12-17(21)13-23-18(22)11-19-8-14-5-15(9-19)7-16(6-14)10-19/h14-17,21H,3-13H2,1-2H3/t14?,15?,16?,17-,19?/m0/s1. The number of aliphatic hydroxyl groups is 1. The van der Waals surface area contributed by atoms with Gasteiger partial charge in [0.05, 0.1) is 6.42 Å². The lowest BCUT2D eigenvalue weighted by Gasteiger charge is -2.56. The zero-order valence-electron chi connectivity index (χ0n) is 14.8. The quantitative estimate of drug-likeness (QED) is 0.698. The molecule has 1 atom stereocenters. The number of esters is 1. The van der Waals surface area contributed by atoms with Crippen LogP contribution in [0.3, 0.4) is 0 Å². The first-order valence-electron chi connectivity index (χ1n) is 9.58. The van der Waals surface area contributed by atoms with E-state index in [1.165, 1.54) is 38.5 Å². The Balaban J connectivity index is 1.44. The molecule has 4 bridgehead atoms. The molecule has 132 valence electrons. The fourth-order valence-corrected chi connectivity index (χ4v) is 5.89. The molecule has 0 amide bonds. The number of carbonyl (C=O) groups is 1. The van der Waals surface area contributed by atoms with Gasteiger partial charge in [0.25, 0.3) is 0 Å². The first kappa shape index (κ1) is 17.2. The molecular formula is C19H33NO3. The molecule has 0 radical (unpaired) electrons. The fourth-order valence-electron chi connectivity index (χ4n) is 5.89. The number of carbonyl (C=O) groups excluding carboxylic acids is 1. The van der Waals surface area contributed by atoms with Gasteiger partial charge in [0.2, 0.25) is 0 Å². The van der Waals surface area contributed by atoms with Crippen LogP contribution >= 0.6 is 0 Å². The Bertz CT molecular complexity index is 384. The van der Waals surface area contributed by atoms with Gasteiger partial charge in [-0.3, -0.25) is 4.79 Å². The van der Waals surface area contributed by atoms with Crippen LogP contribution in [-0.2, 0) is 9.53 Å². The average molecular weight is 323 g/mol.